The van der Waals surface area contributed by atoms with Gasteiger partial charge in [0.1, 0.15) is 11.6 Å². The normalized spacial score (nSPS) is 29.0. The first-order chi connectivity index (χ1) is 16.9. The molecule has 0 aliphatic carbocycles. The molecule has 0 saturated carbocycles. The lowest BCUT2D eigenvalue weighted by molar-refractivity contribution is -0.131. The Bertz CT molecular complexity index is 1430. The first-order valence-corrected chi connectivity index (χ1v) is 11.8. The fraction of sp³-hybridized carbons (Fsp3) is 0.321. The van der Waals surface area contributed by atoms with E-state index < -0.39 is 23.0 Å². The Kier molecular flexibility index (Phi) is 4.74. The van der Waals surface area contributed by atoms with Gasteiger partial charge in [0.05, 0.1) is 47.0 Å². The van der Waals surface area contributed by atoms with Gasteiger partial charge in [0.25, 0.3) is 0 Å². The molecule has 3 fully saturated rings. The first kappa shape index (κ1) is 21.8. The third kappa shape index (κ3) is 3.10. The monoisotopic (exact) mass is 470 g/mol. The van der Waals surface area contributed by atoms with Gasteiger partial charge >= 0.3 is 0 Å². The zero-order chi connectivity index (χ0) is 24.4. The fourth-order valence-electron chi connectivity index (χ4n) is 6.32. The molecule has 2 unspecified atom stereocenters. The molecular formula is C28H23FN2O4. The molecule has 176 valence electrons. The van der Waals surface area contributed by atoms with Crippen molar-refractivity contribution in [3.8, 4) is 11.8 Å². The maximum absolute atomic E-state index is 13.9. The molecule has 7 heteroatoms. The number of rotatable bonds is 5. The molecule has 0 radical (unpaired) electrons. The van der Waals surface area contributed by atoms with Crippen molar-refractivity contribution >= 4 is 28.3 Å². The predicted octanol–water partition coefficient (Wildman–Crippen LogP) is 4.75. The molecule has 0 spiro atoms. The van der Waals surface area contributed by atoms with E-state index in [1.807, 2.05) is 31.2 Å². The first-order valence-electron chi connectivity index (χ1n) is 11.8. The highest BCUT2D eigenvalue weighted by Crippen LogP contribution is 2.62. The lowest BCUT2D eigenvalue weighted by Gasteiger charge is -2.31. The topological polar surface area (TPSA) is 79.6 Å². The number of carbonyl (C=O) groups is 2. The molecule has 3 aromatic rings. The summed E-state index contributed by atoms with van der Waals surface area (Å²) in [5.74, 6) is -1.69. The molecule has 3 saturated heterocycles. The van der Waals surface area contributed by atoms with Crippen LogP contribution in [0, 0.1) is 29.0 Å². The summed E-state index contributed by atoms with van der Waals surface area (Å²) in [7, 11) is 0. The van der Waals surface area contributed by atoms with Crippen molar-refractivity contribution in [2.45, 2.75) is 37.4 Å². The molecule has 35 heavy (non-hydrogen) atoms. The summed E-state index contributed by atoms with van der Waals surface area (Å²) in [5.41, 5.74) is -0.549. The minimum absolute atomic E-state index is 0.240. The standard InChI is InChI=1S/C28H23FN2O4/c1-27-11-12-28(35-27,13-14-34-19-6-4-5-18(29)15-19)24-23(27)25(32)31(26(24)33)22-10-9-17(16-30)20-7-2-3-8-21(20)22/h2-10,15,23-24H,11-14H2,1H3/t23-,24+,27?,28?/m1/s1. The van der Waals surface area contributed by atoms with Crippen LogP contribution in [0.2, 0.25) is 0 Å². The van der Waals surface area contributed by atoms with Gasteiger partial charge < -0.3 is 9.47 Å². The largest absolute Gasteiger partial charge is 0.493 e. The van der Waals surface area contributed by atoms with E-state index in [0.29, 0.717) is 47.0 Å². The van der Waals surface area contributed by atoms with Crippen molar-refractivity contribution in [1.29, 1.82) is 5.26 Å². The lowest BCUT2D eigenvalue weighted by atomic mass is 9.67. The SMILES string of the molecule is CC12CCC(CCOc3cccc(F)c3)(O1)[C@@H]1C(=O)N(c3ccc(C#N)c4ccccc34)C(=O)[C@@H]12. The van der Waals surface area contributed by atoms with Gasteiger partial charge in [-0.3, -0.25) is 9.59 Å². The van der Waals surface area contributed by atoms with E-state index in [1.165, 1.54) is 17.0 Å². The number of hydrogen-bond acceptors (Lipinski definition) is 5. The summed E-state index contributed by atoms with van der Waals surface area (Å²) in [6, 6.07) is 18.8. The zero-order valence-electron chi connectivity index (χ0n) is 19.2. The van der Waals surface area contributed by atoms with Crippen LogP contribution in [-0.2, 0) is 14.3 Å². The Morgan fingerprint density at radius 2 is 1.83 bits per heavy atom. The van der Waals surface area contributed by atoms with Gasteiger partial charge in [-0.25, -0.2) is 9.29 Å². The number of hydrogen-bond donors (Lipinski definition) is 0. The summed E-state index contributed by atoms with van der Waals surface area (Å²) < 4.78 is 25.7. The molecule has 0 aromatic heterocycles. The van der Waals surface area contributed by atoms with Gasteiger partial charge in [-0.1, -0.05) is 30.3 Å². The summed E-state index contributed by atoms with van der Waals surface area (Å²) in [6.07, 6.45) is 1.74. The number of benzene rings is 3. The number of ether oxygens (including phenoxy) is 2. The maximum Gasteiger partial charge on any atom is 0.240 e. The number of fused-ring (bicyclic) bond motifs is 6. The summed E-state index contributed by atoms with van der Waals surface area (Å²) in [4.78, 5) is 28.9. The molecule has 0 N–H and O–H groups in total. The second-order valence-corrected chi connectivity index (χ2v) is 9.79. The molecule has 2 bridgehead atoms. The summed E-state index contributed by atoms with van der Waals surface area (Å²) >= 11 is 0. The lowest BCUT2D eigenvalue weighted by Crippen LogP contribution is -2.43. The number of imide groups is 1. The Hall–Kier alpha value is -3.76. The minimum atomic E-state index is -0.809. The van der Waals surface area contributed by atoms with E-state index in [2.05, 4.69) is 6.07 Å². The van der Waals surface area contributed by atoms with Crippen molar-refractivity contribution < 1.29 is 23.5 Å². The smallest absolute Gasteiger partial charge is 0.240 e. The average Bonchev–Trinajstić information content (AvgIpc) is 3.43. The van der Waals surface area contributed by atoms with Crippen LogP contribution in [-0.4, -0.2) is 29.6 Å². The van der Waals surface area contributed by atoms with Crippen LogP contribution >= 0.6 is 0 Å². The molecule has 6 rings (SSSR count). The van der Waals surface area contributed by atoms with Crippen LogP contribution in [0.5, 0.6) is 5.75 Å². The fourth-order valence-corrected chi connectivity index (χ4v) is 6.32. The molecule has 3 heterocycles. The second kappa shape index (κ2) is 7.62. The second-order valence-electron chi connectivity index (χ2n) is 9.79. The Morgan fingerprint density at radius 3 is 2.60 bits per heavy atom. The highest BCUT2D eigenvalue weighted by atomic mass is 19.1. The molecule has 6 nitrogen and oxygen atoms in total. The predicted molar refractivity (Wildman–Crippen MR) is 126 cm³/mol. The maximum atomic E-state index is 13.9. The van der Waals surface area contributed by atoms with Crippen LogP contribution in [0.4, 0.5) is 10.1 Å². The number of halogens is 1. The van der Waals surface area contributed by atoms with E-state index >= 15 is 0 Å². The van der Waals surface area contributed by atoms with E-state index in [1.54, 1.807) is 24.3 Å². The Balaban J connectivity index is 1.34. The van der Waals surface area contributed by atoms with Crippen molar-refractivity contribution in [2.75, 3.05) is 11.5 Å². The van der Waals surface area contributed by atoms with Crippen molar-refractivity contribution in [1.82, 2.24) is 0 Å². The average molecular weight is 471 g/mol. The van der Waals surface area contributed by atoms with Crippen molar-refractivity contribution in [3.05, 3.63) is 72.0 Å². The van der Waals surface area contributed by atoms with Gasteiger partial charge in [0, 0.05) is 23.3 Å². The molecule has 3 aliphatic rings. The summed E-state index contributed by atoms with van der Waals surface area (Å²) in [6.45, 7) is 2.16. The van der Waals surface area contributed by atoms with Crippen molar-refractivity contribution in [2.24, 2.45) is 11.8 Å². The number of amides is 2. The third-order valence-corrected chi connectivity index (χ3v) is 7.86. The summed E-state index contributed by atoms with van der Waals surface area (Å²) in [5, 5.41) is 10.9. The molecule has 2 amide bonds. The number of nitrogens with zero attached hydrogens (tertiary/aromatic N) is 2. The molecular weight excluding hydrogens is 447 g/mol. The third-order valence-electron chi connectivity index (χ3n) is 7.86. The van der Waals surface area contributed by atoms with Crippen LogP contribution in [0.15, 0.2) is 60.7 Å². The molecule has 4 atom stereocenters. The van der Waals surface area contributed by atoms with Crippen LogP contribution in [0.25, 0.3) is 10.8 Å². The zero-order valence-corrected chi connectivity index (χ0v) is 19.2. The van der Waals surface area contributed by atoms with Crippen LogP contribution in [0.1, 0.15) is 31.7 Å². The number of anilines is 1. The van der Waals surface area contributed by atoms with E-state index in [4.69, 9.17) is 9.47 Å². The van der Waals surface area contributed by atoms with Crippen molar-refractivity contribution in [3.63, 3.8) is 0 Å². The van der Waals surface area contributed by atoms with E-state index in [-0.39, 0.29) is 24.2 Å². The minimum Gasteiger partial charge on any atom is -0.493 e. The van der Waals surface area contributed by atoms with Gasteiger partial charge in [0.2, 0.25) is 11.8 Å². The number of carbonyl (C=O) groups excluding carboxylic acids is 2. The van der Waals surface area contributed by atoms with E-state index in [9.17, 15) is 19.2 Å². The molecule has 3 aromatic carbocycles. The van der Waals surface area contributed by atoms with Crippen LogP contribution < -0.4 is 9.64 Å². The molecule has 3 aliphatic heterocycles. The van der Waals surface area contributed by atoms with Gasteiger partial charge in [-0.05, 0) is 44.0 Å². The number of nitriles is 1. The highest BCUT2D eigenvalue weighted by Gasteiger charge is 2.73. The Morgan fingerprint density at radius 1 is 1.06 bits per heavy atom. The van der Waals surface area contributed by atoms with Crippen LogP contribution in [0.3, 0.4) is 0 Å². The Labute approximate surface area is 201 Å². The van der Waals surface area contributed by atoms with Gasteiger partial charge in [-0.15, -0.1) is 0 Å². The highest BCUT2D eigenvalue weighted by molar-refractivity contribution is 6.26. The quantitative estimate of drug-likeness (QED) is 0.503. The van der Waals surface area contributed by atoms with Gasteiger partial charge in [-0.2, -0.15) is 5.26 Å². The van der Waals surface area contributed by atoms with Gasteiger partial charge in [0.15, 0.2) is 0 Å². The van der Waals surface area contributed by atoms with E-state index in [0.717, 1.165) is 0 Å².